The van der Waals surface area contributed by atoms with Gasteiger partial charge in [-0.1, -0.05) is 298 Å². The fourth-order valence-corrected chi connectivity index (χ4v) is 12.0. The molecular weight excluding hydrogens is 1160 g/mol. The first kappa shape index (κ1) is 86.1. The van der Waals surface area contributed by atoms with Gasteiger partial charge in [0.15, 0.2) is 12.2 Å². The van der Waals surface area contributed by atoms with E-state index in [0.29, 0.717) is 25.7 Å². The molecule has 6 atom stereocenters. The molecule has 0 rings (SSSR count). The first-order chi connectivity index (χ1) is 42.4. The largest absolute Gasteiger partial charge is 0.472 e. The van der Waals surface area contributed by atoms with Gasteiger partial charge in [0.25, 0.3) is 0 Å². The van der Waals surface area contributed by atoms with Crippen molar-refractivity contribution in [2.45, 2.75) is 368 Å². The summed E-state index contributed by atoms with van der Waals surface area (Å²) in [5, 5.41) is 10.6. The van der Waals surface area contributed by atoms with Gasteiger partial charge in [-0.2, -0.15) is 0 Å². The van der Waals surface area contributed by atoms with Crippen LogP contribution in [0, 0.1) is 11.8 Å². The maximum atomic E-state index is 13.0. The fourth-order valence-electron chi connectivity index (χ4n) is 10.4. The van der Waals surface area contributed by atoms with Crippen LogP contribution < -0.4 is 0 Å². The highest BCUT2D eigenvalue weighted by molar-refractivity contribution is 7.47. The Balaban J connectivity index is 5.17. The Morgan fingerprint density at radius 3 is 0.864 bits per heavy atom. The first-order valence-corrected chi connectivity index (χ1v) is 39.0. The predicted octanol–water partition coefficient (Wildman–Crippen LogP) is 19.6. The summed E-state index contributed by atoms with van der Waals surface area (Å²) in [5.41, 5.74) is 0. The Kier molecular flexibility index (Phi) is 59.9. The summed E-state index contributed by atoms with van der Waals surface area (Å²) in [4.78, 5) is 72.2. The van der Waals surface area contributed by atoms with Gasteiger partial charge in [-0.25, -0.2) is 9.13 Å². The number of hydrogen-bond acceptors (Lipinski definition) is 15. The van der Waals surface area contributed by atoms with E-state index in [4.69, 9.17) is 37.0 Å². The maximum absolute atomic E-state index is 13.0. The number of phosphoric ester groups is 2. The zero-order valence-corrected chi connectivity index (χ0v) is 58.8. The SMILES string of the molecule is CCCCCCCCCCCCCCCCCCCC(=O)O[C@H](COC(=O)CCCCCCCCCCCCCC(C)C)COP(=O)(O)OC[C@@H](O)COP(=O)(O)OC[C@@H](COC(=O)CCCCCCC)OC(=O)CCCCCCCCCCC(C)CC. The monoisotopic (exact) mass is 1300 g/mol. The van der Waals surface area contributed by atoms with Crippen LogP contribution >= 0.6 is 15.6 Å². The highest BCUT2D eigenvalue weighted by atomic mass is 31.2. The number of ether oxygens (including phenoxy) is 4. The van der Waals surface area contributed by atoms with Crippen LogP contribution in [0.5, 0.6) is 0 Å². The third-order valence-corrected chi connectivity index (χ3v) is 18.2. The molecule has 0 aromatic heterocycles. The summed E-state index contributed by atoms with van der Waals surface area (Å²) in [6, 6.07) is 0. The minimum atomic E-state index is -4.95. The number of carbonyl (C=O) groups is 4. The number of carbonyl (C=O) groups excluding carboxylic acids is 4. The second-order valence-electron chi connectivity index (χ2n) is 25.6. The number of aliphatic hydroxyl groups is 1. The molecule has 3 N–H and O–H groups in total. The lowest BCUT2D eigenvalue weighted by Crippen LogP contribution is -2.30. The van der Waals surface area contributed by atoms with E-state index >= 15 is 0 Å². The molecule has 88 heavy (non-hydrogen) atoms. The number of phosphoric acid groups is 2. The van der Waals surface area contributed by atoms with E-state index in [1.807, 2.05) is 0 Å². The smallest absolute Gasteiger partial charge is 0.462 e. The molecule has 0 bridgehead atoms. The van der Waals surface area contributed by atoms with Crippen LogP contribution in [0.1, 0.15) is 350 Å². The molecule has 0 aliphatic carbocycles. The van der Waals surface area contributed by atoms with Gasteiger partial charge in [0.2, 0.25) is 0 Å². The van der Waals surface area contributed by atoms with Crippen LogP contribution in [0.3, 0.4) is 0 Å². The molecule has 0 aliphatic heterocycles. The average Bonchev–Trinajstić information content (AvgIpc) is 3.62. The third-order valence-electron chi connectivity index (χ3n) is 16.3. The standard InChI is InChI=1S/C69H134O17P2/c1-7-10-12-14-15-16-17-18-19-20-21-22-25-29-35-41-47-53-68(73)86-65(58-80-67(72)52-46-40-34-28-26-23-24-27-32-38-43-49-61(4)5)60-84-88(77,78)82-56-63(70)55-81-87(75,76)83-59-64(57-79-66(71)51-45-37-13-11-8-2)85-69(74)54-48-42-36-31-30-33-39-44-50-62(6)9-3/h61-65,70H,7-60H2,1-6H3,(H,75,76)(H,77,78)/t62?,63-,64+,65+/m0/s1. The zero-order chi connectivity index (χ0) is 65.0. The molecule has 3 unspecified atom stereocenters. The van der Waals surface area contributed by atoms with E-state index < -0.39 is 97.5 Å². The van der Waals surface area contributed by atoms with Crippen molar-refractivity contribution in [1.82, 2.24) is 0 Å². The van der Waals surface area contributed by atoms with E-state index in [2.05, 4.69) is 41.5 Å². The van der Waals surface area contributed by atoms with Crippen molar-refractivity contribution in [3.8, 4) is 0 Å². The molecule has 0 fully saturated rings. The molecule has 0 amide bonds. The van der Waals surface area contributed by atoms with Crippen molar-refractivity contribution in [2.24, 2.45) is 11.8 Å². The van der Waals surface area contributed by atoms with E-state index in [1.165, 1.54) is 161 Å². The highest BCUT2D eigenvalue weighted by Gasteiger charge is 2.30. The number of esters is 4. The van der Waals surface area contributed by atoms with Crippen LogP contribution in [0.25, 0.3) is 0 Å². The molecule has 0 aliphatic rings. The van der Waals surface area contributed by atoms with E-state index in [0.717, 1.165) is 108 Å². The summed E-state index contributed by atoms with van der Waals surface area (Å²) < 4.78 is 68.0. The topological polar surface area (TPSA) is 237 Å². The lowest BCUT2D eigenvalue weighted by Gasteiger charge is -2.21. The lowest BCUT2D eigenvalue weighted by molar-refractivity contribution is -0.161. The molecule has 19 heteroatoms. The molecule has 0 saturated heterocycles. The molecule has 0 radical (unpaired) electrons. The predicted molar refractivity (Wildman–Crippen MR) is 354 cm³/mol. The number of hydrogen-bond donors (Lipinski definition) is 3. The van der Waals surface area contributed by atoms with Crippen LogP contribution in [-0.2, 0) is 65.4 Å². The molecule has 0 spiro atoms. The zero-order valence-electron chi connectivity index (χ0n) is 57.0. The second-order valence-corrected chi connectivity index (χ2v) is 28.5. The number of unbranched alkanes of at least 4 members (excludes halogenated alkanes) is 37. The summed E-state index contributed by atoms with van der Waals surface area (Å²) >= 11 is 0. The first-order valence-electron chi connectivity index (χ1n) is 36.0. The van der Waals surface area contributed by atoms with Crippen molar-refractivity contribution in [3.63, 3.8) is 0 Å². The van der Waals surface area contributed by atoms with Crippen LogP contribution in [0.2, 0.25) is 0 Å². The summed E-state index contributed by atoms with van der Waals surface area (Å²) in [7, 11) is -9.89. The van der Waals surface area contributed by atoms with Gasteiger partial charge < -0.3 is 33.8 Å². The number of aliphatic hydroxyl groups excluding tert-OH is 1. The van der Waals surface area contributed by atoms with Gasteiger partial charge in [0.1, 0.15) is 19.3 Å². The maximum Gasteiger partial charge on any atom is 0.472 e. The van der Waals surface area contributed by atoms with Crippen LogP contribution in [0.15, 0.2) is 0 Å². The molecule has 522 valence electrons. The van der Waals surface area contributed by atoms with Gasteiger partial charge in [-0.15, -0.1) is 0 Å². The molecule has 0 aromatic carbocycles. The van der Waals surface area contributed by atoms with E-state index in [9.17, 15) is 43.2 Å². The van der Waals surface area contributed by atoms with Crippen LogP contribution in [-0.4, -0.2) is 96.7 Å². The summed E-state index contributed by atoms with van der Waals surface area (Å²) in [6.07, 6.45) is 46.1. The van der Waals surface area contributed by atoms with Gasteiger partial charge >= 0.3 is 39.5 Å². The number of rotatable bonds is 68. The normalized spacial score (nSPS) is 14.5. The van der Waals surface area contributed by atoms with Gasteiger partial charge in [-0.05, 0) is 37.5 Å². The Hall–Kier alpha value is -1.94. The Morgan fingerprint density at radius 1 is 0.330 bits per heavy atom. The van der Waals surface area contributed by atoms with E-state index in [1.54, 1.807) is 0 Å². The third kappa shape index (κ3) is 61.6. The highest BCUT2D eigenvalue weighted by Crippen LogP contribution is 2.45. The van der Waals surface area contributed by atoms with Crippen molar-refractivity contribution in [3.05, 3.63) is 0 Å². The van der Waals surface area contributed by atoms with Crippen molar-refractivity contribution in [2.75, 3.05) is 39.6 Å². The van der Waals surface area contributed by atoms with Crippen molar-refractivity contribution >= 4 is 39.5 Å². The Labute approximate surface area is 537 Å². The van der Waals surface area contributed by atoms with Crippen molar-refractivity contribution in [1.29, 1.82) is 0 Å². The Morgan fingerprint density at radius 2 is 0.580 bits per heavy atom. The quantitative estimate of drug-likeness (QED) is 0.0222. The fraction of sp³-hybridized carbons (Fsp3) is 0.942. The molecule has 0 aromatic rings. The van der Waals surface area contributed by atoms with E-state index in [-0.39, 0.29) is 25.7 Å². The lowest BCUT2D eigenvalue weighted by atomic mass is 9.99. The van der Waals surface area contributed by atoms with Gasteiger partial charge in [0, 0.05) is 25.7 Å². The molecule has 0 saturated carbocycles. The molecule has 0 heterocycles. The Bertz CT molecular complexity index is 1720. The second kappa shape index (κ2) is 61.3. The minimum absolute atomic E-state index is 0.104. The molecular formula is C69H134O17P2. The summed E-state index contributed by atoms with van der Waals surface area (Å²) in [6.45, 7) is 9.45. The van der Waals surface area contributed by atoms with Crippen LogP contribution in [0.4, 0.5) is 0 Å². The average molecular weight is 1300 g/mol. The molecule has 17 nitrogen and oxygen atoms in total. The van der Waals surface area contributed by atoms with Crippen molar-refractivity contribution < 1.29 is 80.2 Å². The van der Waals surface area contributed by atoms with Gasteiger partial charge in [0.05, 0.1) is 26.4 Å². The summed E-state index contributed by atoms with van der Waals surface area (Å²) in [5.74, 6) is -0.596. The van der Waals surface area contributed by atoms with Gasteiger partial charge in [-0.3, -0.25) is 37.3 Å². The minimum Gasteiger partial charge on any atom is -0.462 e.